The number of Topliss-reactive ketones (excluding diaryl/α,β-unsaturated/α-hetero) is 1. The Balaban J connectivity index is 1.62. The van der Waals surface area contributed by atoms with Crippen molar-refractivity contribution in [3.05, 3.63) is 104 Å². The van der Waals surface area contributed by atoms with Crippen LogP contribution in [0, 0.1) is 6.92 Å². The van der Waals surface area contributed by atoms with Gasteiger partial charge in [0.1, 0.15) is 11.5 Å². The van der Waals surface area contributed by atoms with Crippen LogP contribution in [0.25, 0.3) is 0 Å². The van der Waals surface area contributed by atoms with Crippen LogP contribution in [-0.4, -0.2) is 36.6 Å². The zero-order valence-electron chi connectivity index (χ0n) is 20.6. The van der Waals surface area contributed by atoms with Gasteiger partial charge in [-0.1, -0.05) is 23.7 Å². The smallest absolute Gasteiger partial charge is 0.355 e. The summed E-state index contributed by atoms with van der Waals surface area (Å²) in [5, 5.41) is 12.5. The minimum atomic E-state index is -0.853. The second-order valence-electron chi connectivity index (χ2n) is 8.55. The van der Waals surface area contributed by atoms with Gasteiger partial charge in [0, 0.05) is 29.4 Å². The van der Waals surface area contributed by atoms with Crippen molar-refractivity contribution < 1.29 is 14.6 Å². The number of aryl methyl sites for hydroxylation is 1. The van der Waals surface area contributed by atoms with Gasteiger partial charge in [-0.05, 0) is 67.4 Å². The third-order valence-electron chi connectivity index (χ3n) is 5.58. The van der Waals surface area contributed by atoms with E-state index in [-0.39, 0.29) is 37.7 Å². The van der Waals surface area contributed by atoms with E-state index in [0.717, 1.165) is 15.8 Å². The number of carbonyl (C=O) groups is 1. The van der Waals surface area contributed by atoms with Crippen molar-refractivity contribution in [3.8, 4) is 11.5 Å². The lowest BCUT2D eigenvalue weighted by Gasteiger charge is -2.16. The van der Waals surface area contributed by atoms with Gasteiger partial charge in [-0.2, -0.15) is 4.98 Å². The second-order valence-corrected chi connectivity index (χ2v) is 8.99. The first-order chi connectivity index (χ1) is 18.3. The Labute approximate surface area is 223 Å². The number of benzene rings is 2. The van der Waals surface area contributed by atoms with E-state index in [0.29, 0.717) is 22.2 Å². The maximum Gasteiger partial charge on any atom is 0.355 e. The molecule has 0 amide bonds. The molecule has 2 N–H and O–H groups in total. The molecule has 196 valence electrons. The lowest BCUT2D eigenvalue weighted by molar-refractivity contribution is -0.120. The first-order valence-electron chi connectivity index (χ1n) is 11.9. The third kappa shape index (κ3) is 6.93. The molecule has 4 aromatic rings. The molecule has 0 unspecified atom stereocenters. The lowest BCUT2D eigenvalue weighted by Crippen LogP contribution is -2.44. The number of nitrogens with one attached hydrogen (secondary N) is 1. The number of ketones is 1. The minimum Gasteiger partial charge on any atom is -0.456 e. The van der Waals surface area contributed by atoms with Gasteiger partial charge >= 0.3 is 11.4 Å². The summed E-state index contributed by atoms with van der Waals surface area (Å²) < 4.78 is 7.88. The molecule has 38 heavy (non-hydrogen) atoms. The number of ether oxygens (including phenoxy) is 1. The highest BCUT2D eigenvalue weighted by molar-refractivity contribution is 6.30. The van der Waals surface area contributed by atoms with Crippen LogP contribution in [0.5, 0.6) is 11.5 Å². The van der Waals surface area contributed by atoms with Crippen molar-refractivity contribution in [2.75, 3.05) is 11.9 Å². The van der Waals surface area contributed by atoms with E-state index in [2.05, 4.69) is 15.3 Å². The molecular formula is C27H26ClN5O5. The van der Waals surface area contributed by atoms with Crippen LogP contribution in [0.4, 0.5) is 11.6 Å². The predicted octanol–water partition coefficient (Wildman–Crippen LogP) is 3.69. The standard InChI is InChI=1S/C27H26ClN5O5/c1-18-4-11-24(15-29-18)38-23-12-9-21(10-13-23)30-25-31-26(36)33(17-22(35)3-2-14-34)27(37)32(25)16-19-5-7-20(28)8-6-19/h4-13,15,34H,2-3,14,16-17H2,1H3,(H,30,31,36). The maximum absolute atomic E-state index is 13.4. The van der Waals surface area contributed by atoms with Gasteiger partial charge in [0.25, 0.3) is 0 Å². The van der Waals surface area contributed by atoms with Crippen molar-refractivity contribution in [2.45, 2.75) is 32.9 Å². The van der Waals surface area contributed by atoms with Crippen LogP contribution in [0.15, 0.2) is 76.4 Å². The second kappa shape index (κ2) is 12.3. The van der Waals surface area contributed by atoms with Crippen molar-refractivity contribution in [2.24, 2.45) is 0 Å². The topological polar surface area (TPSA) is 128 Å². The number of anilines is 2. The fraction of sp³-hybridized carbons (Fsp3) is 0.222. The quantitative estimate of drug-likeness (QED) is 0.297. The maximum atomic E-state index is 13.4. The van der Waals surface area contributed by atoms with Crippen LogP contribution in [0.2, 0.25) is 5.02 Å². The summed E-state index contributed by atoms with van der Waals surface area (Å²) in [4.78, 5) is 46.6. The number of halogens is 1. The molecule has 0 aliphatic carbocycles. The van der Waals surface area contributed by atoms with Crippen LogP contribution in [0.1, 0.15) is 24.1 Å². The summed E-state index contributed by atoms with van der Waals surface area (Å²) >= 11 is 5.99. The fourth-order valence-corrected chi connectivity index (χ4v) is 3.72. The Kier molecular flexibility index (Phi) is 8.67. The average Bonchev–Trinajstić information content (AvgIpc) is 2.91. The SMILES string of the molecule is Cc1ccc(Oc2ccc(Nc3nc(=O)n(CC(=O)CCCO)c(=O)n3Cc3ccc(Cl)cc3)cc2)cn1. The molecule has 0 fully saturated rings. The van der Waals surface area contributed by atoms with Gasteiger partial charge in [0.15, 0.2) is 5.78 Å². The molecule has 0 aliphatic rings. The highest BCUT2D eigenvalue weighted by Crippen LogP contribution is 2.24. The molecule has 2 heterocycles. The van der Waals surface area contributed by atoms with E-state index in [1.165, 1.54) is 4.57 Å². The number of aliphatic hydroxyl groups excluding tert-OH is 1. The number of hydrogen-bond acceptors (Lipinski definition) is 8. The molecular weight excluding hydrogens is 510 g/mol. The molecule has 0 spiro atoms. The van der Waals surface area contributed by atoms with E-state index >= 15 is 0 Å². The van der Waals surface area contributed by atoms with Crippen molar-refractivity contribution in [1.82, 2.24) is 19.1 Å². The van der Waals surface area contributed by atoms with Crippen LogP contribution in [-0.2, 0) is 17.9 Å². The molecule has 11 heteroatoms. The number of aliphatic hydroxyl groups is 1. The molecule has 0 bridgehead atoms. The molecule has 2 aromatic heterocycles. The number of nitrogens with zero attached hydrogens (tertiary/aromatic N) is 4. The summed E-state index contributed by atoms with van der Waals surface area (Å²) in [6, 6.07) is 17.5. The molecule has 4 rings (SSSR count). The zero-order chi connectivity index (χ0) is 27.1. The lowest BCUT2D eigenvalue weighted by atomic mass is 10.2. The number of aromatic nitrogens is 4. The average molecular weight is 536 g/mol. The minimum absolute atomic E-state index is 0.0189. The Morgan fingerprint density at radius 1 is 1.00 bits per heavy atom. The normalized spacial score (nSPS) is 10.8. The first-order valence-corrected chi connectivity index (χ1v) is 12.3. The fourth-order valence-electron chi connectivity index (χ4n) is 3.59. The highest BCUT2D eigenvalue weighted by Gasteiger charge is 2.16. The van der Waals surface area contributed by atoms with Crippen molar-refractivity contribution >= 4 is 29.0 Å². The van der Waals surface area contributed by atoms with Crippen LogP contribution >= 0.6 is 11.6 Å². The molecule has 0 atom stereocenters. The summed E-state index contributed by atoms with van der Waals surface area (Å²) in [5.74, 6) is 0.833. The first kappa shape index (κ1) is 26.8. The third-order valence-corrected chi connectivity index (χ3v) is 5.83. The van der Waals surface area contributed by atoms with E-state index in [1.807, 2.05) is 19.1 Å². The Morgan fingerprint density at radius 3 is 2.37 bits per heavy atom. The van der Waals surface area contributed by atoms with Gasteiger partial charge < -0.3 is 15.2 Å². The number of pyridine rings is 1. The molecule has 0 saturated carbocycles. The number of rotatable bonds is 11. The van der Waals surface area contributed by atoms with E-state index in [1.54, 1.807) is 54.7 Å². The monoisotopic (exact) mass is 535 g/mol. The van der Waals surface area contributed by atoms with E-state index in [4.69, 9.17) is 21.4 Å². The highest BCUT2D eigenvalue weighted by atomic mass is 35.5. The Morgan fingerprint density at radius 2 is 1.71 bits per heavy atom. The van der Waals surface area contributed by atoms with Crippen LogP contribution < -0.4 is 21.4 Å². The molecule has 10 nitrogen and oxygen atoms in total. The van der Waals surface area contributed by atoms with Gasteiger partial charge in [-0.15, -0.1) is 0 Å². The molecule has 2 aromatic carbocycles. The summed E-state index contributed by atoms with van der Waals surface area (Å²) in [5.41, 5.74) is 0.645. The van der Waals surface area contributed by atoms with E-state index in [9.17, 15) is 14.4 Å². The summed E-state index contributed by atoms with van der Waals surface area (Å²) in [6.07, 6.45) is 1.93. The van der Waals surface area contributed by atoms with Gasteiger partial charge in [-0.25, -0.2) is 14.2 Å². The summed E-state index contributed by atoms with van der Waals surface area (Å²) in [6.45, 7) is 1.39. The van der Waals surface area contributed by atoms with Crippen molar-refractivity contribution in [1.29, 1.82) is 0 Å². The van der Waals surface area contributed by atoms with Crippen LogP contribution in [0.3, 0.4) is 0 Å². The Bertz CT molecular complexity index is 1510. The zero-order valence-corrected chi connectivity index (χ0v) is 21.4. The van der Waals surface area contributed by atoms with Gasteiger partial charge in [0.05, 0.1) is 19.3 Å². The summed E-state index contributed by atoms with van der Waals surface area (Å²) in [7, 11) is 0. The van der Waals surface area contributed by atoms with E-state index < -0.39 is 17.9 Å². The molecule has 0 saturated heterocycles. The Hall–Kier alpha value is -4.28. The largest absolute Gasteiger partial charge is 0.456 e. The van der Waals surface area contributed by atoms with Gasteiger partial charge in [-0.3, -0.25) is 14.3 Å². The number of hydrogen-bond donors (Lipinski definition) is 2. The molecule has 0 radical (unpaired) electrons. The predicted molar refractivity (Wildman–Crippen MR) is 143 cm³/mol. The van der Waals surface area contributed by atoms with Crippen molar-refractivity contribution in [3.63, 3.8) is 0 Å². The molecule has 0 aliphatic heterocycles. The number of carbonyl (C=O) groups excluding carboxylic acids is 1. The van der Waals surface area contributed by atoms with Gasteiger partial charge in [0.2, 0.25) is 5.95 Å².